The van der Waals surface area contributed by atoms with Gasteiger partial charge in [0, 0.05) is 32.2 Å². The second-order valence-electron chi connectivity index (χ2n) is 8.23. The van der Waals surface area contributed by atoms with Crippen LogP contribution >= 0.6 is 0 Å². The van der Waals surface area contributed by atoms with E-state index in [1.54, 1.807) is 12.1 Å². The summed E-state index contributed by atoms with van der Waals surface area (Å²) in [6.07, 6.45) is 1.39. The van der Waals surface area contributed by atoms with E-state index >= 15 is 0 Å². The van der Waals surface area contributed by atoms with E-state index in [4.69, 9.17) is 13.9 Å². The van der Waals surface area contributed by atoms with Gasteiger partial charge in [-0.3, -0.25) is 14.5 Å². The minimum atomic E-state index is -3.83. The van der Waals surface area contributed by atoms with E-state index in [1.165, 1.54) is 54.8 Å². The molecule has 1 atom stereocenters. The van der Waals surface area contributed by atoms with Crippen molar-refractivity contribution < 1.29 is 36.7 Å². The molecule has 2 aromatic rings. The van der Waals surface area contributed by atoms with E-state index in [0.29, 0.717) is 5.75 Å². The topological polar surface area (TPSA) is 139 Å². The third-order valence-electron chi connectivity index (χ3n) is 6.17. The number of imide groups is 1. The number of hydrogen-bond donors (Lipinski definition) is 1. The fourth-order valence-corrected chi connectivity index (χ4v) is 5.55. The standard InChI is InChI=1S/C22H26N4O8S/c1-22(18-5-4-12-34-18)20(28)26(21(29)23-22)14-19(27)24-8-10-25(11-9-24)35(30,31)15-6-7-16(32-2)17(13-15)33-3/h4-7,12-13H,8-11,14H2,1-3H3,(H,23,29)/t22-/m0/s1. The summed E-state index contributed by atoms with van der Waals surface area (Å²) in [5, 5.41) is 2.57. The highest BCUT2D eigenvalue weighted by Crippen LogP contribution is 2.31. The van der Waals surface area contributed by atoms with Gasteiger partial charge >= 0.3 is 6.03 Å². The molecule has 0 saturated carbocycles. The number of amides is 4. The zero-order valence-corrected chi connectivity index (χ0v) is 20.3. The number of piperazine rings is 1. The lowest BCUT2D eigenvalue weighted by Crippen LogP contribution is -2.53. The molecule has 2 fully saturated rings. The van der Waals surface area contributed by atoms with E-state index in [0.717, 1.165) is 4.90 Å². The lowest BCUT2D eigenvalue weighted by Gasteiger charge is -2.34. The Labute approximate surface area is 202 Å². The molecule has 0 spiro atoms. The van der Waals surface area contributed by atoms with Gasteiger partial charge in [-0.25, -0.2) is 13.2 Å². The van der Waals surface area contributed by atoms with Gasteiger partial charge in [-0.2, -0.15) is 4.31 Å². The van der Waals surface area contributed by atoms with Crippen LogP contribution in [0.4, 0.5) is 4.79 Å². The maximum atomic E-state index is 13.1. The average molecular weight is 507 g/mol. The van der Waals surface area contributed by atoms with Gasteiger partial charge in [0.2, 0.25) is 15.9 Å². The highest BCUT2D eigenvalue weighted by molar-refractivity contribution is 7.89. The predicted molar refractivity (Wildman–Crippen MR) is 121 cm³/mol. The molecule has 13 heteroatoms. The Hall–Kier alpha value is -3.58. The minimum Gasteiger partial charge on any atom is -0.493 e. The first kappa shape index (κ1) is 24.5. The minimum absolute atomic E-state index is 0.0477. The lowest BCUT2D eigenvalue weighted by molar-refractivity contribution is -0.139. The van der Waals surface area contributed by atoms with Gasteiger partial charge < -0.3 is 24.1 Å². The number of ether oxygens (including phenoxy) is 2. The molecule has 0 unspecified atom stereocenters. The van der Waals surface area contributed by atoms with E-state index in [9.17, 15) is 22.8 Å². The summed E-state index contributed by atoms with van der Waals surface area (Å²) < 4.78 is 43.1. The van der Waals surface area contributed by atoms with Crippen molar-refractivity contribution in [3.05, 3.63) is 42.4 Å². The Kier molecular flexibility index (Phi) is 6.47. The molecule has 12 nitrogen and oxygen atoms in total. The molecule has 2 saturated heterocycles. The zero-order chi connectivity index (χ0) is 25.4. The fraction of sp³-hybridized carbons (Fsp3) is 0.409. The molecular formula is C22H26N4O8S. The summed E-state index contributed by atoms with van der Waals surface area (Å²) in [5.74, 6) is -0.0939. The Morgan fingerprint density at radius 3 is 2.37 bits per heavy atom. The first-order valence-electron chi connectivity index (χ1n) is 10.8. The summed E-state index contributed by atoms with van der Waals surface area (Å²) in [4.78, 5) is 40.5. The van der Waals surface area contributed by atoms with Crippen molar-refractivity contribution in [3.63, 3.8) is 0 Å². The summed E-state index contributed by atoms with van der Waals surface area (Å²) >= 11 is 0. The predicted octanol–water partition coefficient (Wildman–Crippen LogP) is 0.597. The van der Waals surface area contributed by atoms with Gasteiger partial charge in [0.15, 0.2) is 17.0 Å². The number of methoxy groups -OCH3 is 2. The second kappa shape index (κ2) is 9.23. The number of hydrogen-bond acceptors (Lipinski definition) is 8. The maximum Gasteiger partial charge on any atom is 0.325 e. The maximum absolute atomic E-state index is 13.1. The quantitative estimate of drug-likeness (QED) is 0.539. The molecule has 1 aromatic heterocycles. The molecule has 3 heterocycles. The van der Waals surface area contributed by atoms with Gasteiger partial charge in [0.1, 0.15) is 12.3 Å². The molecule has 0 radical (unpaired) electrons. The van der Waals surface area contributed by atoms with Crippen LogP contribution in [0.5, 0.6) is 11.5 Å². The van der Waals surface area contributed by atoms with Crippen LogP contribution in [0.1, 0.15) is 12.7 Å². The first-order chi connectivity index (χ1) is 16.6. The summed E-state index contributed by atoms with van der Waals surface area (Å²) in [5.41, 5.74) is -1.40. The van der Waals surface area contributed by atoms with Gasteiger partial charge in [-0.05, 0) is 31.2 Å². The SMILES string of the molecule is COc1ccc(S(=O)(=O)N2CCN(C(=O)CN3C(=O)N[C@@](C)(c4ccco4)C3=O)CC2)cc1OC. The number of nitrogens with one attached hydrogen (secondary N) is 1. The molecule has 2 aliphatic rings. The van der Waals surface area contributed by atoms with Crippen LogP contribution in [0, 0.1) is 0 Å². The van der Waals surface area contributed by atoms with E-state index < -0.39 is 40.0 Å². The summed E-state index contributed by atoms with van der Waals surface area (Å²) in [7, 11) is -0.953. The molecule has 4 amide bonds. The van der Waals surface area contributed by atoms with Crippen LogP contribution in [0.2, 0.25) is 0 Å². The number of carbonyl (C=O) groups excluding carboxylic acids is 3. The Bertz CT molecular complexity index is 1240. The van der Waals surface area contributed by atoms with Crippen LogP contribution in [0.3, 0.4) is 0 Å². The van der Waals surface area contributed by atoms with E-state index in [1.807, 2.05) is 0 Å². The number of benzene rings is 1. The number of furan rings is 1. The van der Waals surface area contributed by atoms with Crippen molar-refractivity contribution in [2.45, 2.75) is 17.4 Å². The summed E-state index contributed by atoms with van der Waals surface area (Å²) in [6, 6.07) is 6.81. The highest BCUT2D eigenvalue weighted by Gasteiger charge is 2.51. The Morgan fingerprint density at radius 2 is 1.77 bits per heavy atom. The Balaban J connectivity index is 1.39. The van der Waals surface area contributed by atoms with Crippen molar-refractivity contribution in [2.24, 2.45) is 0 Å². The molecule has 2 aliphatic heterocycles. The third-order valence-corrected chi connectivity index (χ3v) is 8.06. The van der Waals surface area contributed by atoms with Crippen molar-refractivity contribution in [1.82, 2.24) is 19.4 Å². The molecular weight excluding hydrogens is 480 g/mol. The average Bonchev–Trinajstić information content (AvgIpc) is 3.48. The van der Waals surface area contributed by atoms with E-state index in [2.05, 4.69) is 5.32 Å². The highest BCUT2D eigenvalue weighted by atomic mass is 32.2. The zero-order valence-electron chi connectivity index (χ0n) is 19.5. The summed E-state index contributed by atoms with van der Waals surface area (Å²) in [6.45, 7) is 1.41. The number of carbonyl (C=O) groups is 3. The van der Waals surface area contributed by atoms with Gasteiger partial charge in [0.05, 0.1) is 25.4 Å². The Morgan fingerprint density at radius 1 is 1.09 bits per heavy atom. The van der Waals surface area contributed by atoms with Crippen molar-refractivity contribution in [3.8, 4) is 11.5 Å². The van der Waals surface area contributed by atoms with Crippen LogP contribution < -0.4 is 14.8 Å². The number of urea groups is 1. The lowest BCUT2D eigenvalue weighted by atomic mass is 9.99. The number of sulfonamides is 1. The van der Waals surface area contributed by atoms with Crippen LogP contribution in [-0.4, -0.2) is 87.3 Å². The fourth-order valence-electron chi connectivity index (χ4n) is 4.11. The smallest absolute Gasteiger partial charge is 0.325 e. The van der Waals surface area contributed by atoms with Crippen LogP contribution in [0.25, 0.3) is 0 Å². The molecule has 188 valence electrons. The van der Waals surface area contributed by atoms with Gasteiger partial charge in [0.25, 0.3) is 5.91 Å². The van der Waals surface area contributed by atoms with Crippen molar-refractivity contribution in [1.29, 1.82) is 0 Å². The molecule has 0 bridgehead atoms. The van der Waals surface area contributed by atoms with Crippen molar-refractivity contribution >= 4 is 27.9 Å². The molecule has 35 heavy (non-hydrogen) atoms. The van der Waals surface area contributed by atoms with Gasteiger partial charge in [-0.1, -0.05) is 0 Å². The molecule has 4 rings (SSSR count). The monoisotopic (exact) mass is 506 g/mol. The van der Waals surface area contributed by atoms with E-state index in [-0.39, 0.29) is 42.6 Å². The largest absolute Gasteiger partial charge is 0.493 e. The molecule has 0 aliphatic carbocycles. The second-order valence-corrected chi connectivity index (χ2v) is 10.2. The van der Waals surface area contributed by atoms with Crippen LogP contribution in [-0.2, 0) is 25.2 Å². The van der Waals surface area contributed by atoms with Crippen molar-refractivity contribution in [2.75, 3.05) is 46.9 Å². The number of nitrogens with zero attached hydrogens (tertiary/aromatic N) is 3. The normalized spacial score (nSPS) is 21.2. The van der Waals surface area contributed by atoms with Crippen LogP contribution in [0.15, 0.2) is 45.9 Å². The van der Waals surface area contributed by atoms with Gasteiger partial charge in [-0.15, -0.1) is 0 Å². The molecule has 1 N–H and O–H groups in total. The number of rotatable bonds is 7. The first-order valence-corrected chi connectivity index (χ1v) is 12.2. The molecule has 1 aromatic carbocycles. The third kappa shape index (κ3) is 4.32.